The van der Waals surface area contributed by atoms with Crippen molar-refractivity contribution in [2.24, 2.45) is 5.73 Å². The number of hydrogen-bond acceptors (Lipinski definition) is 2. The molecule has 3 nitrogen and oxygen atoms in total. The molecule has 0 unspecified atom stereocenters. The lowest BCUT2D eigenvalue weighted by Crippen LogP contribution is -2.32. The molecule has 1 aliphatic rings. The van der Waals surface area contributed by atoms with E-state index >= 15 is 0 Å². The zero-order chi connectivity index (χ0) is 17.3. The van der Waals surface area contributed by atoms with Crippen molar-refractivity contribution in [1.29, 1.82) is 0 Å². The predicted octanol–water partition coefficient (Wildman–Crippen LogP) is 3.97. The summed E-state index contributed by atoms with van der Waals surface area (Å²) in [7, 11) is 0. The average molecular weight is 359 g/mol. The first-order chi connectivity index (χ1) is 11.4. The fourth-order valence-corrected chi connectivity index (χ4v) is 3.34. The van der Waals surface area contributed by atoms with Gasteiger partial charge in [0.15, 0.2) is 0 Å². The van der Waals surface area contributed by atoms with Crippen LogP contribution in [0.4, 0.5) is 0 Å². The lowest BCUT2D eigenvalue weighted by Gasteiger charge is -2.20. The van der Waals surface area contributed by atoms with Crippen molar-refractivity contribution in [3.8, 4) is 0 Å². The third-order valence-corrected chi connectivity index (χ3v) is 4.88. The van der Waals surface area contributed by atoms with Crippen LogP contribution in [0.5, 0.6) is 0 Å². The number of likely N-dealkylation sites (tertiary alicyclic amines) is 1. The summed E-state index contributed by atoms with van der Waals surface area (Å²) in [4.78, 5) is 14.7. The molecular weight excluding hydrogens is 332 g/mol. The minimum absolute atomic E-state index is 0. The number of nitrogens with two attached hydrogens (primary N) is 1. The molecule has 0 aliphatic carbocycles. The Hall–Kier alpha value is -1.84. The number of halogens is 1. The second-order valence-corrected chi connectivity index (χ2v) is 7.72. The van der Waals surface area contributed by atoms with E-state index < -0.39 is 0 Å². The van der Waals surface area contributed by atoms with Crippen molar-refractivity contribution in [2.45, 2.75) is 38.1 Å². The van der Waals surface area contributed by atoms with Gasteiger partial charge in [-0.3, -0.25) is 4.79 Å². The van der Waals surface area contributed by atoms with Gasteiger partial charge < -0.3 is 10.6 Å². The molecule has 2 N–H and O–H groups in total. The molecule has 134 valence electrons. The molecule has 0 radical (unpaired) electrons. The van der Waals surface area contributed by atoms with Crippen LogP contribution < -0.4 is 5.73 Å². The summed E-state index contributed by atoms with van der Waals surface area (Å²) in [5, 5.41) is 0. The molecule has 0 saturated carbocycles. The second-order valence-electron chi connectivity index (χ2n) is 7.72. The van der Waals surface area contributed by atoms with Crippen LogP contribution in [-0.4, -0.2) is 29.9 Å². The first-order valence-electron chi connectivity index (χ1n) is 8.56. The molecule has 1 fully saturated rings. The minimum atomic E-state index is -0.00908. The van der Waals surface area contributed by atoms with Crippen LogP contribution in [-0.2, 0) is 5.41 Å². The molecule has 3 rings (SSSR count). The number of amides is 1. The van der Waals surface area contributed by atoms with Gasteiger partial charge in [0.1, 0.15) is 0 Å². The van der Waals surface area contributed by atoms with Gasteiger partial charge in [-0.2, -0.15) is 0 Å². The van der Waals surface area contributed by atoms with Crippen LogP contribution >= 0.6 is 12.4 Å². The Morgan fingerprint density at radius 2 is 1.60 bits per heavy atom. The van der Waals surface area contributed by atoms with E-state index in [9.17, 15) is 4.79 Å². The smallest absolute Gasteiger partial charge is 0.253 e. The van der Waals surface area contributed by atoms with Gasteiger partial charge in [-0.25, -0.2) is 0 Å². The maximum Gasteiger partial charge on any atom is 0.253 e. The Labute approximate surface area is 156 Å². The molecule has 4 heteroatoms. The van der Waals surface area contributed by atoms with Crippen molar-refractivity contribution >= 4 is 18.3 Å². The van der Waals surface area contributed by atoms with Gasteiger partial charge in [0, 0.05) is 30.6 Å². The quantitative estimate of drug-likeness (QED) is 0.882. The number of carbonyl (C=O) groups excluding carboxylic acids is 1. The van der Waals surface area contributed by atoms with Gasteiger partial charge in [-0.05, 0) is 28.7 Å². The van der Waals surface area contributed by atoms with Crippen molar-refractivity contribution in [2.75, 3.05) is 13.1 Å². The molecule has 1 saturated heterocycles. The highest BCUT2D eigenvalue weighted by Gasteiger charge is 2.34. The molecule has 2 aromatic rings. The molecule has 25 heavy (non-hydrogen) atoms. The van der Waals surface area contributed by atoms with Crippen molar-refractivity contribution in [3.63, 3.8) is 0 Å². The average Bonchev–Trinajstić information content (AvgIpc) is 2.96. The number of benzene rings is 2. The molecule has 0 spiro atoms. The van der Waals surface area contributed by atoms with Gasteiger partial charge >= 0.3 is 0 Å². The minimum Gasteiger partial charge on any atom is -0.336 e. The van der Waals surface area contributed by atoms with Crippen molar-refractivity contribution in [1.82, 2.24) is 4.90 Å². The molecule has 2 atom stereocenters. The summed E-state index contributed by atoms with van der Waals surface area (Å²) in [5.41, 5.74) is 9.58. The third kappa shape index (κ3) is 4.23. The summed E-state index contributed by atoms with van der Waals surface area (Å²) in [6, 6.07) is 18.2. The van der Waals surface area contributed by atoms with E-state index in [0.717, 1.165) is 5.56 Å². The summed E-state index contributed by atoms with van der Waals surface area (Å²) >= 11 is 0. The fourth-order valence-electron chi connectivity index (χ4n) is 3.34. The first kappa shape index (κ1) is 19.5. The Balaban J connectivity index is 0.00000225. The number of nitrogens with zero attached hydrogens (tertiary/aromatic N) is 1. The van der Waals surface area contributed by atoms with Crippen LogP contribution in [0.25, 0.3) is 0 Å². The van der Waals surface area contributed by atoms with Gasteiger partial charge in [0.25, 0.3) is 5.91 Å². The Kier molecular flexibility index (Phi) is 5.91. The van der Waals surface area contributed by atoms with Crippen LogP contribution in [0, 0.1) is 0 Å². The first-order valence-corrected chi connectivity index (χ1v) is 8.56. The number of carbonyl (C=O) groups is 1. The third-order valence-electron chi connectivity index (χ3n) is 4.88. The maximum atomic E-state index is 12.8. The van der Waals surface area contributed by atoms with E-state index in [1.807, 2.05) is 35.2 Å². The monoisotopic (exact) mass is 358 g/mol. The van der Waals surface area contributed by atoms with E-state index in [4.69, 9.17) is 5.73 Å². The van der Waals surface area contributed by atoms with E-state index in [1.54, 1.807) is 0 Å². The van der Waals surface area contributed by atoms with E-state index in [1.165, 1.54) is 11.1 Å². The van der Waals surface area contributed by atoms with Crippen LogP contribution in [0.3, 0.4) is 0 Å². The largest absolute Gasteiger partial charge is 0.336 e. The highest BCUT2D eigenvalue weighted by molar-refractivity contribution is 5.94. The Morgan fingerprint density at radius 3 is 2.16 bits per heavy atom. The van der Waals surface area contributed by atoms with Crippen molar-refractivity contribution in [3.05, 3.63) is 71.3 Å². The molecule has 0 aromatic heterocycles. The molecular formula is C21H27ClN2O. The normalized spacial score (nSPS) is 20.2. The molecule has 2 aromatic carbocycles. The molecule has 0 bridgehead atoms. The highest BCUT2D eigenvalue weighted by atomic mass is 35.5. The Morgan fingerprint density at radius 1 is 1.00 bits per heavy atom. The summed E-state index contributed by atoms with van der Waals surface area (Å²) in [5.74, 6) is 0.285. The number of rotatable bonds is 2. The van der Waals surface area contributed by atoms with Gasteiger partial charge in [-0.15, -0.1) is 12.4 Å². The maximum absolute atomic E-state index is 12.8. The zero-order valence-corrected chi connectivity index (χ0v) is 15.9. The van der Waals surface area contributed by atoms with E-state index in [0.29, 0.717) is 13.1 Å². The van der Waals surface area contributed by atoms with Gasteiger partial charge in [0.2, 0.25) is 0 Å². The molecule has 1 aliphatic heterocycles. The Bertz CT molecular complexity index is 707. The standard InChI is InChI=1S/C21H26N2O.ClH/c1-21(2,3)17-11-9-16(10-12-17)20(24)23-13-18(19(22)14-23)15-7-5-4-6-8-15;/h4-12,18-19H,13-14,22H2,1-3H3;1H/t18-,19+;/m0./s1. The predicted molar refractivity (Wildman–Crippen MR) is 105 cm³/mol. The second kappa shape index (κ2) is 7.59. The lowest BCUT2D eigenvalue weighted by atomic mass is 9.86. The lowest BCUT2D eigenvalue weighted by molar-refractivity contribution is 0.0789. The van der Waals surface area contributed by atoms with E-state index in [2.05, 4.69) is 45.0 Å². The summed E-state index contributed by atoms with van der Waals surface area (Å²) in [6.07, 6.45) is 0. The topological polar surface area (TPSA) is 46.3 Å². The van der Waals surface area contributed by atoms with Gasteiger partial charge in [-0.1, -0.05) is 63.2 Å². The van der Waals surface area contributed by atoms with Crippen molar-refractivity contribution < 1.29 is 4.79 Å². The summed E-state index contributed by atoms with van der Waals surface area (Å²) < 4.78 is 0. The van der Waals surface area contributed by atoms with Gasteiger partial charge in [0.05, 0.1) is 0 Å². The van der Waals surface area contributed by atoms with E-state index in [-0.39, 0.29) is 35.7 Å². The SMILES string of the molecule is CC(C)(C)c1ccc(C(=O)N2C[C@@H](N)[C@H](c3ccccc3)C2)cc1.Cl. The summed E-state index contributed by atoms with van der Waals surface area (Å²) in [6.45, 7) is 7.82. The zero-order valence-electron chi connectivity index (χ0n) is 15.1. The van der Waals surface area contributed by atoms with Crippen LogP contribution in [0.1, 0.15) is 48.2 Å². The molecule has 1 heterocycles. The molecule has 1 amide bonds. The van der Waals surface area contributed by atoms with Crippen LogP contribution in [0.2, 0.25) is 0 Å². The highest BCUT2D eigenvalue weighted by Crippen LogP contribution is 2.28. The fraction of sp³-hybridized carbons (Fsp3) is 0.381. The van der Waals surface area contributed by atoms with Crippen LogP contribution in [0.15, 0.2) is 54.6 Å². The number of hydrogen-bond donors (Lipinski definition) is 1.